The second-order valence-corrected chi connectivity index (χ2v) is 6.13. The number of anilines is 1. The molecule has 1 aromatic carbocycles. The smallest absolute Gasteiger partial charge is 0.129 e. The summed E-state index contributed by atoms with van der Waals surface area (Å²) in [5, 5.41) is 3.40. The fourth-order valence-corrected chi connectivity index (χ4v) is 2.91. The van der Waals surface area contributed by atoms with Crippen LogP contribution in [-0.2, 0) is 6.42 Å². The van der Waals surface area contributed by atoms with Gasteiger partial charge >= 0.3 is 0 Å². The maximum absolute atomic E-state index is 5.85. The van der Waals surface area contributed by atoms with Gasteiger partial charge in [0.25, 0.3) is 0 Å². The average Bonchev–Trinajstić information content (AvgIpc) is 2.53. The molecule has 1 aliphatic rings. The summed E-state index contributed by atoms with van der Waals surface area (Å²) in [6.45, 7) is 0.952. The highest BCUT2D eigenvalue weighted by molar-refractivity contribution is 5.36. The molecule has 2 aromatic rings. The summed E-state index contributed by atoms with van der Waals surface area (Å²) in [7, 11) is 0. The lowest BCUT2D eigenvalue weighted by Crippen LogP contribution is -2.35. The minimum atomic E-state index is 0.356. The molecule has 0 unspecified atom stereocenters. The van der Waals surface area contributed by atoms with E-state index < -0.39 is 0 Å². The molecular weight excluding hydrogens is 272 g/mol. The highest BCUT2D eigenvalue weighted by Gasteiger charge is 2.28. The van der Waals surface area contributed by atoms with Crippen LogP contribution < -0.4 is 11.1 Å². The van der Waals surface area contributed by atoms with Crippen molar-refractivity contribution in [3.63, 3.8) is 0 Å². The monoisotopic (exact) mass is 296 g/mol. The van der Waals surface area contributed by atoms with Gasteiger partial charge in [0, 0.05) is 30.3 Å². The SMILES string of the molecule is NC1CC(c2cc(NCCCCc3ccccc3)ncn2)C1. The third kappa shape index (κ3) is 4.04. The van der Waals surface area contributed by atoms with E-state index in [1.54, 1.807) is 6.33 Å². The van der Waals surface area contributed by atoms with E-state index in [1.807, 2.05) is 0 Å². The number of nitrogens with two attached hydrogens (primary N) is 1. The van der Waals surface area contributed by atoms with Crippen molar-refractivity contribution >= 4 is 5.82 Å². The Hall–Kier alpha value is -1.94. The number of nitrogens with zero attached hydrogens (tertiary/aromatic N) is 2. The molecule has 22 heavy (non-hydrogen) atoms. The van der Waals surface area contributed by atoms with Gasteiger partial charge in [-0.15, -0.1) is 0 Å². The number of hydrogen-bond donors (Lipinski definition) is 2. The van der Waals surface area contributed by atoms with Crippen LogP contribution in [-0.4, -0.2) is 22.6 Å². The predicted molar refractivity (Wildman–Crippen MR) is 89.9 cm³/mol. The molecule has 1 saturated carbocycles. The van der Waals surface area contributed by atoms with Crippen LogP contribution in [0.3, 0.4) is 0 Å². The number of nitrogens with one attached hydrogen (secondary N) is 1. The van der Waals surface area contributed by atoms with Crippen LogP contribution in [0.5, 0.6) is 0 Å². The van der Waals surface area contributed by atoms with Crippen molar-refractivity contribution in [2.24, 2.45) is 5.73 Å². The minimum absolute atomic E-state index is 0.356. The fourth-order valence-electron chi connectivity index (χ4n) is 2.91. The molecule has 4 nitrogen and oxygen atoms in total. The zero-order valence-corrected chi connectivity index (χ0v) is 12.9. The van der Waals surface area contributed by atoms with Crippen molar-refractivity contribution < 1.29 is 0 Å². The van der Waals surface area contributed by atoms with Crippen molar-refractivity contribution in [3.8, 4) is 0 Å². The van der Waals surface area contributed by atoms with Crippen LogP contribution in [0, 0.1) is 0 Å². The molecule has 3 rings (SSSR count). The third-order valence-corrected chi connectivity index (χ3v) is 4.32. The standard InChI is InChI=1S/C18H24N4/c19-16-10-15(11-16)17-12-18(22-13-21-17)20-9-5-4-8-14-6-2-1-3-7-14/h1-3,6-7,12-13,15-16H,4-5,8-11,19H2,(H,20,21,22). The van der Waals surface area contributed by atoms with Gasteiger partial charge in [0.2, 0.25) is 0 Å². The number of hydrogen-bond acceptors (Lipinski definition) is 4. The Morgan fingerprint density at radius 1 is 1.09 bits per heavy atom. The Morgan fingerprint density at radius 3 is 2.68 bits per heavy atom. The van der Waals surface area contributed by atoms with Crippen LogP contribution in [0.15, 0.2) is 42.7 Å². The number of rotatable bonds is 7. The lowest BCUT2D eigenvalue weighted by molar-refractivity contribution is 0.345. The lowest BCUT2D eigenvalue weighted by Gasteiger charge is -2.31. The normalized spacial score (nSPS) is 20.4. The first-order chi connectivity index (χ1) is 10.8. The Morgan fingerprint density at radius 2 is 1.91 bits per heavy atom. The predicted octanol–water partition coefficient (Wildman–Crippen LogP) is 3.12. The van der Waals surface area contributed by atoms with Gasteiger partial charge in [-0.2, -0.15) is 0 Å². The van der Waals surface area contributed by atoms with Crippen molar-refractivity contribution in [2.45, 2.75) is 44.1 Å². The van der Waals surface area contributed by atoms with Crippen molar-refractivity contribution in [3.05, 3.63) is 54.0 Å². The molecule has 0 saturated heterocycles. The highest BCUT2D eigenvalue weighted by Crippen LogP contribution is 2.34. The van der Waals surface area contributed by atoms with Gasteiger partial charge in [0.1, 0.15) is 12.1 Å². The molecular formula is C18H24N4. The Bertz CT molecular complexity index is 579. The first kappa shape index (κ1) is 15.0. The van der Waals surface area contributed by atoms with Crippen molar-refractivity contribution in [1.82, 2.24) is 9.97 Å². The molecule has 0 atom stereocenters. The first-order valence-corrected chi connectivity index (χ1v) is 8.16. The Labute approximate surface area is 132 Å². The zero-order chi connectivity index (χ0) is 15.2. The number of unbranched alkanes of at least 4 members (excludes halogenated alkanes) is 1. The molecule has 4 heteroatoms. The highest BCUT2D eigenvalue weighted by atomic mass is 15.0. The summed E-state index contributed by atoms with van der Waals surface area (Å²) in [5.41, 5.74) is 8.39. The summed E-state index contributed by atoms with van der Waals surface area (Å²) < 4.78 is 0. The summed E-state index contributed by atoms with van der Waals surface area (Å²) in [6, 6.07) is 13.1. The maximum Gasteiger partial charge on any atom is 0.129 e. The molecule has 116 valence electrons. The second kappa shape index (κ2) is 7.36. The first-order valence-electron chi connectivity index (χ1n) is 8.16. The van der Waals surface area contributed by atoms with E-state index >= 15 is 0 Å². The molecule has 0 radical (unpaired) electrons. The fraction of sp³-hybridized carbons (Fsp3) is 0.444. The number of benzene rings is 1. The van der Waals surface area contributed by atoms with Crippen molar-refractivity contribution in [2.75, 3.05) is 11.9 Å². The minimum Gasteiger partial charge on any atom is -0.370 e. The molecule has 0 amide bonds. The summed E-state index contributed by atoms with van der Waals surface area (Å²) in [6.07, 6.45) is 7.22. The summed E-state index contributed by atoms with van der Waals surface area (Å²) in [5.74, 6) is 1.46. The second-order valence-electron chi connectivity index (χ2n) is 6.13. The average molecular weight is 296 g/mol. The molecule has 0 aliphatic heterocycles. The van der Waals surface area contributed by atoms with E-state index in [-0.39, 0.29) is 0 Å². The van der Waals surface area contributed by atoms with Gasteiger partial charge in [-0.25, -0.2) is 9.97 Å². The van der Waals surface area contributed by atoms with Gasteiger partial charge in [-0.1, -0.05) is 30.3 Å². The van der Waals surface area contributed by atoms with E-state index in [0.29, 0.717) is 12.0 Å². The molecule has 1 aromatic heterocycles. The lowest BCUT2D eigenvalue weighted by atomic mass is 9.79. The summed E-state index contributed by atoms with van der Waals surface area (Å²) >= 11 is 0. The van der Waals surface area contributed by atoms with Gasteiger partial charge in [0.05, 0.1) is 0 Å². The van der Waals surface area contributed by atoms with Crippen LogP contribution in [0.1, 0.15) is 42.9 Å². The third-order valence-electron chi connectivity index (χ3n) is 4.32. The van der Waals surface area contributed by atoms with Gasteiger partial charge < -0.3 is 11.1 Å². The molecule has 1 fully saturated rings. The van der Waals surface area contributed by atoms with Gasteiger partial charge in [0.15, 0.2) is 0 Å². The van der Waals surface area contributed by atoms with Crippen LogP contribution in [0.4, 0.5) is 5.82 Å². The van der Waals surface area contributed by atoms with Crippen LogP contribution in [0.25, 0.3) is 0 Å². The molecule has 3 N–H and O–H groups in total. The van der Waals surface area contributed by atoms with Gasteiger partial charge in [-0.05, 0) is 37.7 Å². The van der Waals surface area contributed by atoms with E-state index in [4.69, 9.17) is 5.73 Å². The zero-order valence-electron chi connectivity index (χ0n) is 12.9. The van der Waals surface area contributed by atoms with Crippen molar-refractivity contribution in [1.29, 1.82) is 0 Å². The number of aryl methyl sites for hydroxylation is 1. The molecule has 0 spiro atoms. The Balaban J connectivity index is 1.39. The molecule has 1 heterocycles. The van der Waals surface area contributed by atoms with Gasteiger partial charge in [-0.3, -0.25) is 0 Å². The van der Waals surface area contributed by atoms with Crippen LogP contribution in [0.2, 0.25) is 0 Å². The maximum atomic E-state index is 5.85. The Kier molecular flexibility index (Phi) is 5.01. The topological polar surface area (TPSA) is 63.8 Å². The number of aromatic nitrogens is 2. The van der Waals surface area contributed by atoms with E-state index in [0.717, 1.165) is 43.7 Å². The van der Waals surface area contributed by atoms with E-state index in [1.165, 1.54) is 12.0 Å². The van der Waals surface area contributed by atoms with Crippen LogP contribution >= 0.6 is 0 Å². The van der Waals surface area contributed by atoms with E-state index in [2.05, 4.69) is 51.7 Å². The summed E-state index contributed by atoms with van der Waals surface area (Å²) in [4.78, 5) is 8.67. The van der Waals surface area contributed by atoms with E-state index in [9.17, 15) is 0 Å². The largest absolute Gasteiger partial charge is 0.370 e. The molecule has 1 aliphatic carbocycles. The quantitative estimate of drug-likeness (QED) is 0.771. The molecule has 0 bridgehead atoms.